The number of benzene rings is 2. The lowest BCUT2D eigenvalue weighted by Crippen LogP contribution is -2.27. The number of anilines is 2. The van der Waals surface area contributed by atoms with Gasteiger partial charge in [-0.2, -0.15) is 9.78 Å². The molecule has 146 valence electrons. The second-order valence-electron chi connectivity index (χ2n) is 7.19. The molecule has 0 bridgehead atoms. The molecule has 0 saturated heterocycles. The zero-order valence-corrected chi connectivity index (χ0v) is 16.1. The Kier molecular flexibility index (Phi) is 4.96. The summed E-state index contributed by atoms with van der Waals surface area (Å²) >= 11 is 0. The van der Waals surface area contributed by atoms with E-state index in [1.54, 1.807) is 63.4 Å². The van der Waals surface area contributed by atoms with E-state index in [2.05, 4.69) is 10.4 Å². The molecule has 1 aromatic heterocycles. The Morgan fingerprint density at radius 2 is 1.93 bits per heavy atom. The summed E-state index contributed by atoms with van der Waals surface area (Å²) in [7, 11) is 1.49. The van der Waals surface area contributed by atoms with E-state index >= 15 is 0 Å². The highest BCUT2D eigenvalue weighted by molar-refractivity contribution is 6.09. The molecule has 0 radical (unpaired) electrons. The van der Waals surface area contributed by atoms with Gasteiger partial charge in [0.25, 0.3) is 5.91 Å². The number of amides is 1. The molecule has 0 spiro atoms. The molecule has 0 unspecified atom stereocenters. The molecule has 0 saturated carbocycles. The Hall–Kier alpha value is -3.55. The number of carbonyl (C=O) groups is 2. The molecular formula is C20H22N4O4. The molecule has 3 rings (SSSR count). The van der Waals surface area contributed by atoms with Crippen molar-refractivity contribution in [2.45, 2.75) is 26.4 Å². The fourth-order valence-electron chi connectivity index (χ4n) is 2.67. The first-order chi connectivity index (χ1) is 13.2. The van der Waals surface area contributed by atoms with Crippen molar-refractivity contribution >= 4 is 34.3 Å². The highest BCUT2D eigenvalue weighted by Crippen LogP contribution is 2.26. The van der Waals surface area contributed by atoms with E-state index in [1.165, 1.54) is 7.11 Å². The van der Waals surface area contributed by atoms with E-state index in [-0.39, 0.29) is 11.6 Å². The summed E-state index contributed by atoms with van der Waals surface area (Å²) in [5, 5.41) is 7.61. The Morgan fingerprint density at radius 3 is 2.61 bits per heavy atom. The van der Waals surface area contributed by atoms with Gasteiger partial charge in [0.2, 0.25) is 0 Å². The lowest BCUT2D eigenvalue weighted by molar-refractivity contribution is 0.0522. The number of aromatic nitrogens is 2. The monoisotopic (exact) mass is 382 g/mol. The van der Waals surface area contributed by atoms with Gasteiger partial charge in [-0.25, -0.2) is 4.79 Å². The van der Waals surface area contributed by atoms with E-state index in [0.717, 1.165) is 10.1 Å². The van der Waals surface area contributed by atoms with Crippen molar-refractivity contribution in [3.8, 4) is 5.75 Å². The van der Waals surface area contributed by atoms with Crippen LogP contribution in [0.1, 0.15) is 31.1 Å². The molecule has 3 N–H and O–H groups in total. The van der Waals surface area contributed by atoms with Gasteiger partial charge in [-0.1, -0.05) is 6.07 Å². The van der Waals surface area contributed by atoms with Gasteiger partial charge in [-0.05, 0) is 51.1 Å². The van der Waals surface area contributed by atoms with Crippen LogP contribution in [-0.4, -0.2) is 34.5 Å². The van der Waals surface area contributed by atoms with E-state index in [1.807, 2.05) is 0 Å². The average Bonchev–Trinajstić information content (AvgIpc) is 3.03. The summed E-state index contributed by atoms with van der Waals surface area (Å²) in [6.45, 7) is 5.34. The third kappa shape index (κ3) is 3.90. The van der Waals surface area contributed by atoms with Crippen LogP contribution in [0.15, 0.2) is 42.6 Å². The maximum absolute atomic E-state index is 12.6. The van der Waals surface area contributed by atoms with Crippen molar-refractivity contribution in [1.29, 1.82) is 0 Å². The number of nitrogens with zero attached hydrogens (tertiary/aromatic N) is 2. The van der Waals surface area contributed by atoms with Gasteiger partial charge in [0.15, 0.2) is 0 Å². The van der Waals surface area contributed by atoms with Crippen LogP contribution in [0, 0.1) is 0 Å². The maximum Gasteiger partial charge on any atom is 0.435 e. The lowest BCUT2D eigenvalue weighted by atomic mass is 10.1. The van der Waals surface area contributed by atoms with Crippen LogP contribution >= 0.6 is 0 Å². The van der Waals surface area contributed by atoms with Gasteiger partial charge in [0, 0.05) is 11.1 Å². The Morgan fingerprint density at radius 1 is 1.18 bits per heavy atom. The minimum atomic E-state index is -0.648. The average molecular weight is 382 g/mol. The molecule has 0 aliphatic heterocycles. The molecule has 0 atom stereocenters. The van der Waals surface area contributed by atoms with Crippen molar-refractivity contribution in [2.24, 2.45) is 0 Å². The zero-order chi connectivity index (χ0) is 20.5. The SMILES string of the molecule is COc1cccc(C(=O)Nc2ccc3cnn(C(=O)OC(C)(C)C)c3c2)c1N. The maximum atomic E-state index is 12.6. The molecule has 28 heavy (non-hydrogen) atoms. The quantitative estimate of drug-likeness (QED) is 0.669. The fourth-order valence-corrected chi connectivity index (χ4v) is 2.67. The number of nitrogens with one attached hydrogen (secondary N) is 1. The number of methoxy groups -OCH3 is 1. The van der Waals surface area contributed by atoms with Crippen molar-refractivity contribution in [3.05, 3.63) is 48.2 Å². The van der Waals surface area contributed by atoms with Gasteiger partial charge in [0.1, 0.15) is 11.4 Å². The number of nitrogen functional groups attached to an aromatic ring is 1. The van der Waals surface area contributed by atoms with E-state index in [9.17, 15) is 9.59 Å². The van der Waals surface area contributed by atoms with Gasteiger partial charge < -0.3 is 20.5 Å². The first-order valence-corrected chi connectivity index (χ1v) is 8.64. The van der Waals surface area contributed by atoms with Crippen LogP contribution in [0.4, 0.5) is 16.2 Å². The number of para-hydroxylation sites is 1. The number of ether oxygens (including phenoxy) is 2. The molecule has 1 amide bonds. The zero-order valence-electron chi connectivity index (χ0n) is 16.1. The number of hydrogen-bond donors (Lipinski definition) is 2. The van der Waals surface area contributed by atoms with Crippen LogP contribution in [-0.2, 0) is 4.74 Å². The second kappa shape index (κ2) is 7.22. The second-order valence-corrected chi connectivity index (χ2v) is 7.19. The first kappa shape index (κ1) is 19.2. The van der Waals surface area contributed by atoms with Crippen molar-refractivity contribution in [1.82, 2.24) is 9.78 Å². The smallest absolute Gasteiger partial charge is 0.435 e. The fraction of sp³-hybridized carbons (Fsp3) is 0.250. The van der Waals surface area contributed by atoms with Crippen LogP contribution in [0.3, 0.4) is 0 Å². The van der Waals surface area contributed by atoms with Crippen LogP contribution in [0.25, 0.3) is 10.9 Å². The van der Waals surface area contributed by atoms with E-state index < -0.39 is 11.7 Å². The van der Waals surface area contributed by atoms with Gasteiger partial charge >= 0.3 is 6.09 Å². The minimum Gasteiger partial charge on any atom is -0.495 e. The predicted molar refractivity (Wildman–Crippen MR) is 107 cm³/mol. The van der Waals surface area contributed by atoms with Gasteiger partial charge in [-0.15, -0.1) is 0 Å². The number of fused-ring (bicyclic) bond motifs is 1. The summed E-state index contributed by atoms with van der Waals surface area (Å²) < 4.78 is 11.7. The number of carbonyl (C=O) groups excluding carboxylic acids is 2. The number of nitrogens with two attached hydrogens (primary N) is 1. The van der Waals surface area contributed by atoms with Crippen LogP contribution in [0.5, 0.6) is 5.75 Å². The van der Waals surface area contributed by atoms with Gasteiger partial charge in [-0.3, -0.25) is 4.79 Å². The standard InChI is InChI=1S/C20H22N4O4/c1-20(2,3)28-19(26)24-15-10-13(9-8-12(15)11-22-24)23-18(25)14-6-5-7-16(27-4)17(14)21/h5-11H,21H2,1-4H3,(H,23,25). The van der Waals surface area contributed by atoms with Crippen molar-refractivity contribution in [2.75, 3.05) is 18.2 Å². The Labute approximate surface area is 162 Å². The molecule has 1 heterocycles. The Bertz CT molecular complexity index is 1050. The number of rotatable bonds is 3. The molecule has 0 fully saturated rings. The third-order valence-electron chi connectivity index (χ3n) is 3.93. The lowest BCUT2D eigenvalue weighted by Gasteiger charge is -2.19. The molecule has 8 nitrogen and oxygen atoms in total. The minimum absolute atomic E-state index is 0.252. The largest absolute Gasteiger partial charge is 0.495 e. The summed E-state index contributed by atoms with van der Waals surface area (Å²) in [5.41, 5.74) is 6.89. The predicted octanol–water partition coefficient (Wildman–Crippen LogP) is 3.66. The van der Waals surface area contributed by atoms with Crippen molar-refractivity contribution in [3.63, 3.8) is 0 Å². The van der Waals surface area contributed by atoms with Gasteiger partial charge in [0.05, 0.1) is 30.1 Å². The molecule has 0 aliphatic carbocycles. The highest BCUT2D eigenvalue weighted by Gasteiger charge is 2.20. The Balaban J connectivity index is 1.89. The highest BCUT2D eigenvalue weighted by atomic mass is 16.6. The molecule has 8 heteroatoms. The number of hydrogen-bond acceptors (Lipinski definition) is 6. The topological polar surface area (TPSA) is 108 Å². The van der Waals surface area contributed by atoms with Crippen LogP contribution < -0.4 is 15.8 Å². The summed E-state index contributed by atoms with van der Waals surface area (Å²) in [6.07, 6.45) is 0.966. The van der Waals surface area contributed by atoms with Crippen LogP contribution in [0.2, 0.25) is 0 Å². The van der Waals surface area contributed by atoms with E-state index in [0.29, 0.717) is 22.5 Å². The molecule has 3 aromatic rings. The molecular weight excluding hydrogens is 360 g/mol. The third-order valence-corrected chi connectivity index (χ3v) is 3.93. The summed E-state index contributed by atoms with van der Waals surface area (Å²) in [5.74, 6) is 0.0326. The van der Waals surface area contributed by atoms with Crippen molar-refractivity contribution < 1.29 is 19.1 Å². The molecule has 2 aromatic carbocycles. The first-order valence-electron chi connectivity index (χ1n) is 8.64. The van der Waals surface area contributed by atoms with E-state index in [4.69, 9.17) is 15.2 Å². The normalized spacial score (nSPS) is 11.3. The summed E-state index contributed by atoms with van der Waals surface area (Å²) in [6, 6.07) is 10.1. The molecule has 0 aliphatic rings. The summed E-state index contributed by atoms with van der Waals surface area (Å²) in [4.78, 5) is 25.0.